The molecular weight excluding hydrogens is 419 g/mol. The number of rotatable bonds is 2. The normalized spacial score (nSPS) is 17.3. The molecule has 0 radical (unpaired) electrons. The van der Waals surface area contributed by atoms with Crippen molar-refractivity contribution in [2.24, 2.45) is 5.41 Å². The first-order valence-corrected chi connectivity index (χ1v) is 10.9. The van der Waals surface area contributed by atoms with Crippen molar-refractivity contribution in [2.75, 3.05) is 23.7 Å². The van der Waals surface area contributed by atoms with E-state index in [9.17, 15) is 4.79 Å². The molecule has 0 saturated carbocycles. The minimum Gasteiger partial charge on any atom is -0.369 e. The van der Waals surface area contributed by atoms with Crippen molar-refractivity contribution in [3.05, 3.63) is 80.1 Å². The molecule has 1 spiro atoms. The van der Waals surface area contributed by atoms with Crippen molar-refractivity contribution >= 4 is 35.0 Å². The van der Waals surface area contributed by atoms with Crippen LogP contribution in [0.15, 0.2) is 53.3 Å². The van der Waals surface area contributed by atoms with Crippen LogP contribution < -0.4 is 16.2 Å². The highest BCUT2D eigenvalue weighted by molar-refractivity contribution is 6.43. The van der Waals surface area contributed by atoms with E-state index in [0.717, 1.165) is 38.8 Å². The fraction of sp³-hybridized carbons (Fsp3) is 0.304. The summed E-state index contributed by atoms with van der Waals surface area (Å²) in [5.74, 6) is 0.729. The summed E-state index contributed by atoms with van der Waals surface area (Å²) >= 11 is 12.4. The van der Waals surface area contributed by atoms with Crippen molar-refractivity contribution in [2.45, 2.75) is 25.7 Å². The molecule has 0 unspecified atom stereocenters. The third-order valence-corrected chi connectivity index (χ3v) is 7.31. The van der Waals surface area contributed by atoms with Crippen LogP contribution in [0.5, 0.6) is 0 Å². The number of benzene rings is 2. The monoisotopic (exact) mass is 440 g/mol. The van der Waals surface area contributed by atoms with Gasteiger partial charge in [0.05, 0.1) is 15.7 Å². The number of nitrogens with zero attached hydrogens (tertiary/aromatic N) is 3. The summed E-state index contributed by atoms with van der Waals surface area (Å²) in [5, 5.41) is 0.645. The largest absolute Gasteiger partial charge is 0.369 e. The Labute approximate surface area is 185 Å². The van der Waals surface area contributed by atoms with Gasteiger partial charge in [-0.05, 0) is 54.4 Å². The summed E-state index contributed by atoms with van der Waals surface area (Å²) in [7, 11) is 0. The zero-order chi connectivity index (χ0) is 20.9. The fourth-order valence-corrected chi connectivity index (χ4v) is 5.27. The number of nitrogens with two attached hydrogens (primary N) is 1. The molecule has 1 aliphatic heterocycles. The molecule has 2 N–H and O–H groups in total. The van der Waals surface area contributed by atoms with E-state index in [1.807, 2.05) is 0 Å². The van der Waals surface area contributed by atoms with E-state index in [0.29, 0.717) is 21.9 Å². The van der Waals surface area contributed by atoms with Crippen LogP contribution >= 0.6 is 23.2 Å². The van der Waals surface area contributed by atoms with E-state index in [4.69, 9.17) is 28.9 Å². The molecule has 5 rings (SSSR count). The predicted molar refractivity (Wildman–Crippen MR) is 122 cm³/mol. The van der Waals surface area contributed by atoms with Crippen molar-refractivity contribution in [1.29, 1.82) is 0 Å². The zero-order valence-electron chi connectivity index (χ0n) is 16.4. The van der Waals surface area contributed by atoms with Crippen LogP contribution in [0.4, 0.5) is 11.8 Å². The van der Waals surface area contributed by atoms with Crippen molar-refractivity contribution < 1.29 is 0 Å². The highest BCUT2D eigenvalue weighted by Crippen LogP contribution is 2.45. The average molecular weight is 441 g/mol. The molecule has 2 aliphatic rings. The van der Waals surface area contributed by atoms with Gasteiger partial charge in [-0.3, -0.25) is 4.79 Å². The number of anilines is 2. The molecule has 30 heavy (non-hydrogen) atoms. The maximum Gasteiger partial charge on any atom is 0.261 e. The third kappa shape index (κ3) is 3.26. The fourth-order valence-electron chi connectivity index (χ4n) is 4.89. The van der Waals surface area contributed by atoms with Crippen molar-refractivity contribution in [3.63, 3.8) is 0 Å². The topological polar surface area (TPSA) is 64.2 Å². The molecule has 0 amide bonds. The van der Waals surface area contributed by atoms with Gasteiger partial charge in [-0.15, -0.1) is 0 Å². The Morgan fingerprint density at radius 2 is 1.63 bits per heavy atom. The summed E-state index contributed by atoms with van der Waals surface area (Å²) in [6.07, 6.45) is 4.43. The molecular formula is C23H22Cl2N4O. The second-order valence-corrected chi connectivity index (χ2v) is 9.11. The molecule has 5 nitrogen and oxygen atoms in total. The second-order valence-electron chi connectivity index (χ2n) is 8.33. The summed E-state index contributed by atoms with van der Waals surface area (Å²) < 4.78 is 1.30. The third-order valence-electron chi connectivity index (χ3n) is 6.50. The molecule has 2 aromatic carbocycles. The maximum atomic E-state index is 12.9. The summed E-state index contributed by atoms with van der Waals surface area (Å²) in [6, 6.07) is 15.4. The average Bonchev–Trinajstić information content (AvgIpc) is 3.08. The molecule has 0 bridgehead atoms. The first kappa shape index (κ1) is 19.5. The summed E-state index contributed by atoms with van der Waals surface area (Å²) in [5.41, 5.74) is 9.64. The van der Waals surface area contributed by atoms with Crippen LogP contribution in [0.2, 0.25) is 10.0 Å². The van der Waals surface area contributed by atoms with Gasteiger partial charge in [0.1, 0.15) is 5.82 Å². The number of fused-ring (bicyclic) bond motifs is 1. The molecule has 1 fully saturated rings. The Morgan fingerprint density at radius 1 is 0.967 bits per heavy atom. The number of halogens is 2. The van der Waals surface area contributed by atoms with Gasteiger partial charge in [0.25, 0.3) is 5.56 Å². The Kier molecular flexibility index (Phi) is 4.75. The van der Waals surface area contributed by atoms with Crippen LogP contribution in [-0.4, -0.2) is 22.6 Å². The highest BCUT2D eigenvalue weighted by atomic mass is 35.5. The van der Waals surface area contributed by atoms with Gasteiger partial charge in [-0.1, -0.05) is 53.5 Å². The Bertz CT molecular complexity index is 1160. The van der Waals surface area contributed by atoms with E-state index in [2.05, 4.69) is 34.1 Å². The van der Waals surface area contributed by atoms with Gasteiger partial charge in [0.2, 0.25) is 5.95 Å². The second kappa shape index (κ2) is 7.33. The lowest BCUT2D eigenvalue weighted by molar-refractivity contribution is 0.232. The van der Waals surface area contributed by atoms with Crippen LogP contribution in [0.1, 0.15) is 24.0 Å². The lowest BCUT2D eigenvalue weighted by atomic mass is 9.76. The van der Waals surface area contributed by atoms with E-state index < -0.39 is 0 Å². The minimum absolute atomic E-state index is 0.107. The van der Waals surface area contributed by atoms with Crippen LogP contribution in [0.25, 0.3) is 5.69 Å². The Hall–Kier alpha value is -2.50. The molecule has 2 heterocycles. The summed E-state index contributed by atoms with van der Waals surface area (Å²) in [6.45, 7) is 1.73. The lowest BCUT2D eigenvalue weighted by Gasteiger charge is -2.40. The van der Waals surface area contributed by atoms with Crippen LogP contribution in [-0.2, 0) is 12.8 Å². The quantitative estimate of drug-likeness (QED) is 0.636. The van der Waals surface area contributed by atoms with Gasteiger partial charge < -0.3 is 10.6 Å². The predicted octanol–water partition coefficient (Wildman–Crippen LogP) is 4.51. The number of hydrogen-bond acceptors (Lipinski definition) is 4. The minimum atomic E-state index is -0.268. The zero-order valence-corrected chi connectivity index (χ0v) is 18.0. The van der Waals surface area contributed by atoms with Crippen LogP contribution in [0.3, 0.4) is 0 Å². The van der Waals surface area contributed by atoms with Crippen molar-refractivity contribution in [3.8, 4) is 5.69 Å². The highest BCUT2D eigenvalue weighted by Gasteiger charge is 2.40. The Balaban J connectivity index is 1.38. The molecule has 3 aromatic rings. The number of aromatic nitrogens is 2. The smallest absolute Gasteiger partial charge is 0.261 e. The Morgan fingerprint density at radius 3 is 2.27 bits per heavy atom. The first-order valence-electron chi connectivity index (χ1n) is 10.1. The maximum absolute atomic E-state index is 12.9. The molecule has 1 aliphatic carbocycles. The van der Waals surface area contributed by atoms with Gasteiger partial charge >= 0.3 is 0 Å². The van der Waals surface area contributed by atoms with E-state index >= 15 is 0 Å². The van der Waals surface area contributed by atoms with Gasteiger partial charge in [-0.25, -0.2) is 4.57 Å². The standard InChI is InChI=1S/C23H22Cl2N4O/c24-17-6-3-7-18(21(17)25)29-20(30)12-19(27-22(29)26)28-10-8-23(9-11-28)13-15-4-1-2-5-16(15)14-23/h1-7,12H,8-11,13-14H2,(H2,26,27). The number of piperidine rings is 1. The van der Waals surface area contributed by atoms with Crippen LogP contribution in [0, 0.1) is 5.41 Å². The number of hydrogen-bond donors (Lipinski definition) is 1. The molecule has 7 heteroatoms. The van der Waals surface area contributed by atoms with E-state index in [1.54, 1.807) is 18.2 Å². The van der Waals surface area contributed by atoms with Crippen molar-refractivity contribution in [1.82, 2.24) is 9.55 Å². The lowest BCUT2D eigenvalue weighted by Crippen LogP contribution is -2.41. The first-order chi connectivity index (χ1) is 14.5. The SMILES string of the molecule is Nc1nc(N2CCC3(CC2)Cc2ccccc2C3)cc(=O)n1-c1cccc(Cl)c1Cl. The van der Waals surface area contributed by atoms with E-state index in [-0.39, 0.29) is 16.5 Å². The molecule has 154 valence electrons. The molecule has 0 atom stereocenters. The number of nitrogen functional groups attached to an aromatic ring is 1. The van der Waals surface area contributed by atoms with Gasteiger partial charge in [0, 0.05) is 19.2 Å². The molecule has 1 aromatic heterocycles. The van der Waals surface area contributed by atoms with Gasteiger partial charge in [0.15, 0.2) is 0 Å². The summed E-state index contributed by atoms with van der Waals surface area (Å²) in [4.78, 5) is 19.6. The van der Waals surface area contributed by atoms with Gasteiger partial charge in [-0.2, -0.15) is 4.98 Å². The van der Waals surface area contributed by atoms with E-state index in [1.165, 1.54) is 21.8 Å². The molecule has 1 saturated heterocycles.